The van der Waals surface area contributed by atoms with Crippen molar-refractivity contribution in [2.45, 2.75) is 19.0 Å². The topological polar surface area (TPSA) is 63.4 Å². The Balaban J connectivity index is 2.56. The molecular weight excluding hydrogens is 293 g/mol. The summed E-state index contributed by atoms with van der Waals surface area (Å²) < 4.78 is 38.9. The Hall–Kier alpha value is -1.96. The van der Waals surface area contributed by atoms with Crippen LogP contribution in [0.2, 0.25) is 0 Å². The third kappa shape index (κ3) is 2.51. The number of nitrogens with two attached hydrogens (primary N) is 1. The van der Waals surface area contributed by atoms with Gasteiger partial charge < -0.3 is 5.73 Å². The smallest absolute Gasteiger partial charge is 0.389 e. The van der Waals surface area contributed by atoms with Crippen molar-refractivity contribution in [1.29, 1.82) is 0 Å². The quantitative estimate of drug-likeness (QED) is 0.670. The van der Waals surface area contributed by atoms with Gasteiger partial charge in [0.1, 0.15) is 4.99 Å². The maximum absolute atomic E-state index is 13.0. The van der Waals surface area contributed by atoms with Gasteiger partial charge in [0, 0.05) is 18.4 Å². The van der Waals surface area contributed by atoms with E-state index in [2.05, 4.69) is 12.2 Å². The predicted molar refractivity (Wildman–Crippen MR) is 69.1 cm³/mol. The molecule has 2 amide bonds. The molecule has 0 radical (unpaired) electrons. The molecule has 0 aliphatic carbocycles. The largest absolute Gasteiger partial charge is 0.417 e. The number of hydrogen-bond acceptors (Lipinski definition) is 3. The van der Waals surface area contributed by atoms with Crippen molar-refractivity contribution >= 4 is 34.7 Å². The first-order valence-electron chi connectivity index (χ1n) is 5.58. The summed E-state index contributed by atoms with van der Waals surface area (Å²) in [5.41, 5.74) is 3.73. The van der Waals surface area contributed by atoms with E-state index in [9.17, 15) is 22.8 Å². The second kappa shape index (κ2) is 4.86. The molecule has 0 unspecified atom stereocenters. The molecule has 4 nitrogen and oxygen atoms in total. The number of imide groups is 1. The molecule has 0 bridgehead atoms. The number of benzene rings is 1. The summed E-state index contributed by atoms with van der Waals surface area (Å²) in [5, 5.41) is 0. The van der Waals surface area contributed by atoms with Crippen LogP contribution in [0.1, 0.15) is 24.0 Å². The maximum Gasteiger partial charge on any atom is 0.417 e. The van der Waals surface area contributed by atoms with Crippen molar-refractivity contribution in [3.8, 4) is 0 Å². The van der Waals surface area contributed by atoms with Crippen LogP contribution in [0.5, 0.6) is 0 Å². The van der Waals surface area contributed by atoms with Crippen molar-refractivity contribution in [1.82, 2.24) is 0 Å². The van der Waals surface area contributed by atoms with Gasteiger partial charge in [0.15, 0.2) is 0 Å². The number of carbonyl (C=O) groups excluding carboxylic acids is 2. The van der Waals surface area contributed by atoms with Gasteiger partial charge in [0.25, 0.3) is 0 Å². The lowest BCUT2D eigenvalue weighted by Gasteiger charge is -2.18. The fourth-order valence-electron chi connectivity index (χ4n) is 1.99. The summed E-state index contributed by atoms with van der Waals surface area (Å²) in [5.74, 6) is -1.04. The molecule has 0 aromatic heterocycles. The van der Waals surface area contributed by atoms with Gasteiger partial charge in [-0.05, 0) is 18.2 Å². The summed E-state index contributed by atoms with van der Waals surface area (Å²) in [7, 11) is 0. The molecule has 0 saturated carbocycles. The summed E-state index contributed by atoms with van der Waals surface area (Å²) >= 11 is 4.57. The van der Waals surface area contributed by atoms with Crippen LogP contribution < -0.4 is 10.6 Å². The number of anilines is 1. The summed E-state index contributed by atoms with van der Waals surface area (Å²) in [6, 6.07) is 3.01. The van der Waals surface area contributed by atoms with E-state index in [1.165, 1.54) is 6.07 Å². The van der Waals surface area contributed by atoms with Crippen LogP contribution in [0, 0.1) is 0 Å². The monoisotopic (exact) mass is 302 g/mol. The zero-order valence-corrected chi connectivity index (χ0v) is 10.8. The van der Waals surface area contributed by atoms with Gasteiger partial charge in [-0.25, -0.2) is 0 Å². The Morgan fingerprint density at radius 1 is 1.20 bits per heavy atom. The Morgan fingerprint density at radius 2 is 1.75 bits per heavy atom. The lowest BCUT2D eigenvalue weighted by molar-refractivity contribution is -0.137. The summed E-state index contributed by atoms with van der Waals surface area (Å²) in [4.78, 5) is 23.4. The molecule has 0 atom stereocenters. The SMILES string of the molecule is NC(=S)c1ccc(N2C(=O)CCC2=O)cc1C(F)(F)F. The molecule has 20 heavy (non-hydrogen) atoms. The molecule has 1 saturated heterocycles. The number of rotatable bonds is 2. The Bertz CT molecular complexity index is 597. The molecule has 1 fully saturated rings. The Morgan fingerprint density at radius 3 is 2.20 bits per heavy atom. The minimum absolute atomic E-state index is 0.00274. The number of amides is 2. The number of nitrogens with zero attached hydrogens (tertiary/aromatic N) is 1. The third-order valence-electron chi connectivity index (χ3n) is 2.88. The second-order valence-electron chi connectivity index (χ2n) is 4.21. The fraction of sp³-hybridized carbons (Fsp3) is 0.250. The van der Waals surface area contributed by atoms with Crippen molar-refractivity contribution < 1.29 is 22.8 Å². The zero-order valence-electron chi connectivity index (χ0n) is 10.0. The minimum Gasteiger partial charge on any atom is -0.389 e. The molecule has 8 heteroatoms. The highest BCUT2D eigenvalue weighted by Crippen LogP contribution is 2.35. The highest BCUT2D eigenvalue weighted by Gasteiger charge is 2.37. The molecule has 0 spiro atoms. The van der Waals surface area contributed by atoms with Crippen molar-refractivity contribution in [2.75, 3.05) is 4.90 Å². The number of halogens is 3. The third-order valence-corrected chi connectivity index (χ3v) is 3.10. The molecule has 2 N–H and O–H groups in total. The average molecular weight is 302 g/mol. The van der Waals surface area contributed by atoms with Crippen LogP contribution in [0.25, 0.3) is 0 Å². The number of carbonyl (C=O) groups is 2. The molecule has 1 heterocycles. The molecule has 106 valence electrons. The van der Waals surface area contributed by atoms with E-state index >= 15 is 0 Å². The Labute approximate surface area is 117 Å². The molecule has 2 rings (SSSR count). The summed E-state index contributed by atoms with van der Waals surface area (Å²) in [6.07, 6.45) is -4.69. The van der Waals surface area contributed by atoms with Gasteiger partial charge >= 0.3 is 6.18 Å². The van der Waals surface area contributed by atoms with Crippen LogP contribution >= 0.6 is 12.2 Å². The average Bonchev–Trinajstić information content (AvgIpc) is 2.67. The maximum atomic E-state index is 13.0. The van der Waals surface area contributed by atoms with Crippen LogP contribution in [0.15, 0.2) is 18.2 Å². The number of thiocarbonyl (C=S) groups is 1. The first-order valence-corrected chi connectivity index (χ1v) is 5.99. The fourth-order valence-corrected chi connectivity index (χ4v) is 2.16. The highest BCUT2D eigenvalue weighted by atomic mass is 32.1. The van der Waals surface area contributed by atoms with Crippen molar-refractivity contribution in [3.05, 3.63) is 29.3 Å². The van der Waals surface area contributed by atoms with Crippen LogP contribution in [0.3, 0.4) is 0 Å². The van der Waals surface area contributed by atoms with E-state index in [0.717, 1.165) is 17.0 Å². The van der Waals surface area contributed by atoms with Crippen LogP contribution in [-0.2, 0) is 15.8 Å². The van der Waals surface area contributed by atoms with Crippen molar-refractivity contribution in [3.63, 3.8) is 0 Å². The highest BCUT2D eigenvalue weighted by molar-refractivity contribution is 7.80. The second-order valence-corrected chi connectivity index (χ2v) is 4.65. The van der Waals surface area contributed by atoms with E-state index in [4.69, 9.17) is 5.73 Å². The molecule has 1 aliphatic heterocycles. The molecule has 1 aromatic rings. The van der Waals surface area contributed by atoms with E-state index in [0.29, 0.717) is 0 Å². The van der Waals surface area contributed by atoms with E-state index in [1.54, 1.807) is 0 Å². The van der Waals surface area contributed by atoms with Crippen molar-refractivity contribution in [2.24, 2.45) is 5.73 Å². The normalized spacial score (nSPS) is 15.8. The van der Waals surface area contributed by atoms with Gasteiger partial charge in [0.05, 0.1) is 11.3 Å². The minimum atomic E-state index is -4.68. The molecule has 1 aromatic carbocycles. The number of alkyl halides is 3. The Kier molecular flexibility index (Phi) is 3.51. The van der Waals surface area contributed by atoms with Gasteiger partial charge in [-0.2, -0.15) is 13.2 Å². The van der Waals surface area contributed by atoms with E-state index < -0.39 is 28.5 Å². The lowest BCUT2D eigenvalue weighted by atomic mass is 10.1. The van der Waals surface area contributed by atoms with Gasteiger partial charge in [-0.3, -0.25) is 14.5 Å². The molecular formula is C12H9F3N2O2S. The van der Waals surface area contributed by atoms with Crippen LogP contribution in [0.4, 0.5) is 18.9 Å². The first-order chi connectivity index (χ1) is 9.21. The summed E-state index contributed by atoms with van der Waals surface area (Å²) in [6.45, 7) is 0. The lowest BCUT2D eigenvalue weighted by Crippen LogP contribution is -2.29. The van der Waals surface area contributed by atoms with E-state index in [1.807, 2.05) is 0 Å². The van der Waals surface area contributed by atoms with Gasteiger partial charge in [-0.1, -0.05) is 12.2 Å². The van der Waals surface area contributed by atoms with E-state index in [-0.39, 0.29) is 24.1 Å². The standard InChI is InChI=1S/C12H9F3N2O2S/c13-12(14,15)8-5-6(1-2-7(8)11(16)20)17-9(18)3-4-10(17)19/h1-2,5H,3-4H2,(H2,16,20). The predicted octanol–water partition coefficient (Wildman–Crippen LogP) is 1.99. The number of hydrogen-bond donors (Lipinski definition) is 1. The van der Waals surface area contributed by atoms with Gasteiger partial charge in [0.2, 0.25) is 11.8 Å². The molecule has 1 aliphatic rings. The zero-order chi connectivity index (χ0) is 15.1. The van der Waals surface area contributed by atoms with Crippen LogP contribution in [-0.4, -0.2) is 16.8 Å². The van der Waals surface area contributed by atoms with Gasteiger partial charge in [-0.15, -0.1) is 0 Å². The first kappa shape index (κ1) is 14.4.